The van der Waals surface area contributed by atoms with Crippen LogP contribution in [0.2, 0.25) is 0 Å². The average Bonchev–Trinajstić information content (AvgIpc) is 2.39. The van der Waals surface area contributed by atoms with Crippen LogP contribution < -0.4 is 16.5 Å². The molecule has 0 aromatic heterocycles. The van der Waals surface area contributed by atoms with Crippen molar-refractivity contribution in [1.29, 1.82) is 5.41 Å². The number of benzene rings is 1. The molecule has 1 fully saturated rings. The van der Waals surface area contributed by atoms with Gasteiger partial charge in [0.2, 0.25) is 0 Å². The standard InChI is InChI=1S/C13H19N5O2.ClH/c14-12(17-18(19)20)16-11-6-4-5-10(9-11)13(15)7-2-1-3-8-13;/h4-6,9H,1-3,7-8,15H2,(H3,14,16,17);1H. The van der Waals surface area contributed by atoms with Gasteiger partial charge in [0.1, 0.15) is 0 Å². The Morgan fingerprint density at radius 2 is 2.00 bits per heavy atom. The molecule has 0 saturated heterocycles. The predicted molar refractivity (Wildman–Crippen MR) is 84.1 cm³/mol. The van der Waals surface area contributed by atoms with Gasteiger partial charge in [0.15, 0.2) is 5.03 Å². The summed E-state index contributed by atoms with van der Waals surface area (Å²) in [6.07, 6.45) is 5.34. The summed E-state index contributed by atoms with van der Waals surface area (Å²) in [5.41, 5.74) is 9.53. The molecular weight excluding hydrogens is 294 g/mol. The third-order valence-electron chi connectivity index (χ3n) is 3.66. The zero-order valence-electron chi connectivity index (χ0n) is 11.6. The van der Waals surface area contributed by atoms with Crippen molar-refractivity contribution in [2.24, 2.45) is 5.73 Å². The van der Waals surface area contributed by atoms with Gasteiger partial charge in [0, 0.05) is 11.2 Å². The molecule has 1 saturated carbocycles. The lowest BCUT2D eigenvalue weighted by atomic mass is 9.77. The summed E-state index contributed by atoms with van der Waals surface area (Å²) < 4.78 is 0. The van der Waals surface area contributed by atoms with Crippen LogP contribution in [-0.4, -0.2) is 11.0 Å². The van der Waals surface area contributed by atoms with E-state index in [9.17, 15) is 10.1 Å². The molecule has 0 aliphatic heterocycles. The summed E-state index contributed by atoms with van der Waals surface area (Å²) >= 11 is 0. The zero-order valence-corrected chi connectivity index (χ0v) is 12.4. The van der Waals surface area contributed by atoms with Gasteiger partial charge in [0.05, 0.1) is 0 Å². The van der Waals surface area contributed by atoms with Crippen molar-refractivity contribution in [2.75, 3.05) is 5.32 Å². The third kappa shape index (κ3) is 4.57. The largest absolute Gasteiger partial charge is 0.322 e. The number of nitrogens with zero attached hydrogens (tertiary/aromatic N) is 1. The van der Waals surface area contributed by atoms with Crippen LogP contribution in [0, 0.1) is 15.5 Å². The van der Waals surface area contributed by atoms with Crippen molar-refractivity contribution in [3.8, 4) is 0 Å². The second kappa shape index (κ2) is 7.24. The topological polar surface area (TPSA) is 117 Å². The van der Waals surface area contributed by atoms with Crippen LogP contribution in [0.3, 0.4) is 0 Å². The molecule has 1 aliphatic carbocycles. The van der Waals surface area contributed by atoms with Crippen LogP contribution in [0.15, 0.2) is 24.3 Å². The Morgan fingerprint density at radius 1 is 1.33 bits per heavy atom. The lowest BCUT2D eigenvalue weighted by Crippen LogP contribution is -2.38. The molecule has 116 valence electrons. The van der Waals surface area contributed by atoms with Gasteiger partial charge < -0.3 is 11.1 Å². The zero-order chi connectivity index (χ0) is 14.6. The summed E-state index contributed by atoms with van der Waals surface area (Å²) in [5.74, 6) is -0.373. The van der Waals surface area contributed by atoms with E-state index >= 15 is 0 Å². The number of hydrogen-bond donors (Lipinski definition) is 4. The quantitative estimate of drug-likeness (QED) is 0.296. The minimum atomic E-state index is -0.773. The normalized spacial score (nSPS) is 16.4. The molecule has 0 atom stereocenters. The first-order valence-corrected chi connectivity index (χ1v) is 6.66. The van der Waals surface area contributed by atoms with Crippen molar-refractivity contribution in [3.05, 3.63) is 39.9 Å². The number of anilines is 1. The van der Waals surface area contributed by atoms with Gasteiger partial charge in [-0.15, -0.1) is 12.4 Å². The average molecular weight is 314 g/mol. The second-order valence-electron chi connectivity index (χ2n) is 5.17. The van der Waals surface area contributed by atoms with Crippen molar-refractivity contribution in [1.82, 2.24) is 5.43 Å². The summed E-state index contributed by atoms with van der Waals surface area (Å²) in [7, 11) is 0. The van der Waals surface area contributed by atoms with Gasteiger partial charge in [0.25, 0.3) is 5.96 Å². The van der Waals surface area contributed by atoms with Gasteiger partial charge in [-0.3, -0.25) is 5.41 Å². The van der Waals surface area contributed by atoms with E-state index in [-0.39, 0.29) is 23.9 Å². The Balaban J connectivity index is 0.00000220. The smallest absolute Gasteiger partial charge is 0.255 e. The lowest BCUT2D eigenvalue weighted by molar-refractivity contribution is -0.525. The molecule has 0 amide bonds. The molecule has 7 nitrogen and oxygen atoms in total. The Kier molecular flexibility index (Phi) is 5.92. The molecule has 0 radical (unpaired) electrons. The highest BCUT2D eigenvalue weighted by atomic mass is 35.5. The summed E-state index contributed by atoms with van der Waals surface area (Å²) in [6, 6.07) is 7.44. The summed E-state index contributed by atoms with van der Waals surface area (Å²) in [6.45, 7) is 0. The molecule has 8 heteroatoms. The van der Waals surface area contributed by atoms with Crippen LogP contribution in [0.1, 0.15) is 37.7 Å². The van der Waals surface area contributed by atoms with Crippen LogP contribution >= 0.6 is 12.4 Å². The number of rotatable bonds is 3. The van der Waals surface area contributed by atoms with E-state index in [0.29, 0.717) is 5.69 Å². The number of nitrogens with two attached hydrogens (primary N) is 1. The Bertz CT molecular complexity index is 517. The Labute approximate surface area is 129 Å². The highest BCUT2D eigenvalue weighted by Crippen LogP contribution is 2.35. The fourth-order valence-corrected chi connectivity index (χ4v) is 2.64. The van der Waals surface area contributed by atoms with Crippen LogP contribution in [-0.2, 0) is 5.54 Å². The highest BCUT2D eigenvalue weighted by molar-refractivity contribution is 5.90. The molecule has 0 heterocycles. The fraction of sp³-hybridized carbons (Fsp3) is 0.462. The molecule has 0 spiro atoms. The molecule has 1 aromatic carbocycles. The van der Waals surface area contributed by atoms with Crippen molar-refractivity contribution in [3.63, 3.8) is 0 Å². The van der Waals surface area contributed by atoms with E-state index < -0.39 is 5.03 Å². The monoisotopic (exact) mass is 313 g/mol. The molecule has 0 bridgehead atoms. The Hall–Kier alpha value is -1.86. The highest BCUT2D eigenvalue weighted by Gasteiger charge is 2.29. The number of hydrazine groups is 1. The molecule has 5 N–H and O–H groups in total. The fourth-order valence-electron chi connectivity index (χ4n) is 2.64. The van der Waals surface area contributed by atoms with Crippen molar-refractivity contribution in [2.45, 2.75) is 37.6 Å². The molecule has 21 heavy (non-hydrogen) atoms. The third-order valence-corrected chi connectivity index (χ3v) is 3.66. The first kappa shape index (κ1) is 17.2. The van der Waals surface area contributed by atoms with Crippen LogP contribution in [0.5, 0.6) is 0 Å². The number of halogens is 1. The van der Waals surface area contributed by atoms with Crippen molar-refractivity contribution >= 4 is 24.1 Å². The number of nitro groups is 1. The van der Waals surface area contributed by atoms with Gasteiger partial charge in [-0.05, 0) is 30.5 Å². The minimum Gasteiger partial charge on any atom is -0.322 e. The number of guanidine groups is 1. The van der Waals surface area contributed by atoms with Gasteiger partial charge in [-0.25, -0.2) is 10.1 Å². The maximum Gasteiger partial charge on any atom is 0.255 e. The predicted octanol–water partition coefficient (Wildman–Crippen LogP) is 2.35. The van der Waals surface area contributed by atoms with Gasteiger partial charge in [-0.2, -0.15) is 0 Å². The molecule has 0 unspecified atom stereocenters. The van der Waals surface area contributed by atoms with Crippen LogP contribution in [0.4, 0.5) is 5.69 Å². The second-order valence-corrected chi connectivity index (χ2v) is 5.17. The first-order chi connectivity index (χ1) is 9.49. The minimum absolute atomic E-state index is 0. The van der Waals surface area contributed by atoms with E-state index in [2.05, 4.69) is 5.32 Å². The van der Waals surface area contributed by atoms with Crippen LogP contribution in [0.25, 0.3) is 0 Å². The maximum absolute atomic E-state index is 10.3. The van der Waals surface area contributed by atoms with E-state index in [4.69, 9.17) is 11.1 Å². The van der Waals surface area contributed by atoms with Gasteiger partial charge in [-0.1, -0.05) is 36.8 Å². The molecular formula is C13H20ClN5O2. The number of hydrogen-bond acceptors (Lipinski definition) is 4. The molecule has 1 aromatic rings. The number of nitrogens with one attached hydrogen (secondary N) is 3. The summed E-state index contributed by atoms with van der Waals surface area (Å²) in [4.78, 5) is 10.3. The van der Waals surface area contributed by atoms with E-state index in [1.165, 1.54) is 6.42 Å². The van der Waals surface area contributed by atoms with E-state index in [0.717, 1.165) is 31.2 Å². The molecule has 1 aliphatic rings. The van der Waals surface area contributed by atoms with E-state index in [1.807, 2.05) is 18.2 Å². The van der Waals surface area contributed by atoms with E-state index in [1.54, 1.807) is 11.5 Å². The maximum atomic E-state index is 10.3. The summed E-state index contributed by atoms with van der Waals surface area (Å²) in [5, 5.41) is 19.6. The molecule has 2 rings (SSSR count). The lowest BCUT2D eigenvalue weighted by Gasteiger charge is -2.34. The van der Waals surface area contributed by atoms with Crippen molar-refractivity contribution < 1.29 is 5.03 Å². The Morgan fingerprint density at radius 3 is 2.62 bits per heavy atom. The SMILES string of the molecule is Cl.N=C(Nc1cccc(C2(N)CCCCC2)c1)N[N+](=O)[O-]. The first-order valence-electron chi connectivity index (χ1n) is 6.66. The van der Waals surface area contributed by atoms with Gasteiger partial charge >= 0.3 is 0 Å².